The molecule has 0 fully saturated rings. The first-order valence-electron chi connectivity index (χ1n) is 7.85. The molecule has 2 rings (SSSR count). The molecule has 2 aromatic carbocycles. The van der Waals surface area contributed by atoms with Crippen LogP contribution in [0.4, 0.5) is 11.4 Å². The van der Waals surface area contributed by atoms with E-state index in [1.54, 1.807) is 0 Å². The van der Waals surface area contributed by atoms with Crippen molar-refractivity contribution < 1.29 is 0 Å². The minimum absolute atomic E-state index is 0.481. The Hall–Kier alpha value is -0.680. The summed E-state index contributed by atoms with van der Waals surface area (Å²) in [7, 11) is 3.77. The van der Waals surface area contributed by atoms with Crippen molar-refractivity contribution in [3.05, 3.63) is 58.6 Å². The number of anilines is 2. The van der Waals surface area contributed by atoms with Crippen LogP contribution in [0.15, 0.2) is 48.5 Å². The molecule has 2 atom stereocenters. The first kappa shape index (κ1) is 19.6. The molecule has 6 heteroatoms. The molecule has 0 aromatic heterocycles. The average Bonchev–Trinajstić information content (AvgIpc) is 2.58. The Morgan fingerprint density at radius 1 is 0.750 bits per heavy atom. The number of rotatable bonds is 9. The topological polar surface area (TPSA) is 24.1 Å². The lowest BCUT2D eigenvalue weighted by Gasteiger charge is -2.17. The fraction of sp³-hybridized carbons (Fsp3) is 0.333. The Bertz CT molecular complexity index is 584. The van der Waals surface area contributed by atoms with Crippen LogP contribution in [0.1, 0.15) is 13.8 Å². The zero-order valence-electron chi connectivity index (χ0n) is 13.8. The van der Waals surface area contributed by atoms with E-state index in [9.17, 15) is 0 Å². The van der Waals surface area contributed by atoms with Crippen molar-refractivity contribution in [1.82, 2.24) is 0 Å². The molecular weight excluding hydrogens is 379 g/mol. The molecule has 0 saturated heterocycles. The van der Waals surface area contributed by atoms with Gasteiger partial charge in [0.05, 0.1) is 21.4 Å². The van der Waals surface area contributed by atoms with Crippen LogP contribution in [0.3, 0.4) is 0 Å². The third-order valence-corrected chi connectivity index (χ3v) is 7.36. The van der Waals surface area contributed by atoms with E-state index >= 15 is 0 Å². The van der Waals surface area contributed by atoms with E-state index in [-0.39, 0.29) is 0 Å². The van der Waals surface area contributed by atoms with E-state index in [0.717, 1.165) is 34.5 Å². The first-order valence-corrected chi connectivity index (χ1v) is 10.9. The van der Waals surface area contributed by atoms with Crippen molar-refractivity contribution in [2.75, 3.05) is 23.7 Å². The average molecular weight is 401 g/mol. The highest BCUT2D eigenvalue weighted by Gasteiger charge is 2.09. The molecule has 2 nitrogen and oxygen atoms in total. The quantitative estimate of drug-likeness (QED) is 0.458. The van der Waals surface area contributed by atoms with Crippen molar-refractivity contribution in [3.8, 4) is 0 Å². The summed E-state index contributed by atoms with van der Waals surface area (Å²) in [6.07, 6.45) is 0. The van der Waals surface area contributed by atoms with Gasteiger partial charge in [0.1, 0.15) is 0 Å². The second-order valence-corrected chi connectivity index (χ2v) is 9.50. The number of para-hydroxylation sites is 2. The molecular formula is C18H22Cl2N2S2. The van der Waals surface area contributed by atoms with Gasteiger partial charge in [-0.1, -0.05) is 82.9 Å². The highest BCUT2D eigenvalue weighted by molar-refractivity contribution is 8.77. The Labute approximate surface area is 162 Å². The fourth-order valence-corrected chi connectivity index (χ4v) is 4.61. The number of hydrogen-bond donors (Lipinski definition) is 2. The molecule has 0 aliphatic heterocycles. The van der Waals surface area contributed by atoms with Crippen LogP contribution in [0.5, 0.6) is 0 Å². The molecule has 0 spiro atoms. The van der Waals surface area contributed by atoms with E-state index in [1.807, 2.05) is 70.1 Å². The Morgan fingerprint density at radius 2 is 1.12 bits per heavy atom. The monoisotopic (exact) mass is 400 g/mol. The van der Waals surface area contributed by atoms with Gasteiger partial charge >= 0.3 is 0 Å². The molecule has 0 aliphatic carbocycles. The van der Waals surface area contributed by atoms with E-state index in [2.05, 4.69) is 24.5 Å². The summed E-state index contributed by atoms with van der Waals surface area (Å²) in [6, 6.07) is 15.7. The lowest BCUT2D eigenvalue weighted by atomic mass is 10.3. The standard InChI is InChI=1S/C18H22Cl2N2S2/c1-13(11-21-17-9-5-3-7-15(17)19)23-24-14(2)12-22-18-10-6-4-8-16(18)20/h3-10,13-14,21-22H,11-12H2,1-2H3. The summed E-state index contributed by atoms with van der Waals surface area (Å²) in [4.78, 5) is 0. The minimum Gasteiger partial charge on any atom is -0.383 e. The zero-order chi connectivity index (χ0) is 17.4. The molecule has 0 radical (unpaired) electrons. The molecule has 0 bridgehead atoms. The second-order valence-electron chi connectivity index (χ2n) is 5.54. The van der Waals surface area contributed by atoms with Crippen LogP contribution >= 0.6 is 44.8 Å². The second kappa shape index (κ2) is 10.3. The van der Waals surface area contributed by atoms with Crippen LogP contribution < -0.4 is 10.6 Å². The lowest BCUT2D eigenvalue weighted by molar-refractivity contribution is 0.999. The van der Waals surface area contributed by atoms with Crippen molar-refractivity contribution >= 4 is 56.2 Å². The summed E-state index contributed by atoms with van der Waals surface area (Å²) >= 11 is 12.3. The molecule has 0 heterocycles. The molecule has 0 aliphatic rings. The summed E-state index contributed by atoms with van der Waals surface area (Å²) in [5, 5.41) is 9.29. The number of halogens is 2. The molecule has 2 aromatic rings. The predicted molar refractivity (Wildman–Crippen MR) is 114 cm³/mol. The molecule has 0 saturated carbocycles. The normalized spacial score (nSPS) is 13.3. The molecule has 24 heavy (non-hydrogen) atoms. The van der Waals surface area contributed by atoms with Gasteiger partial charge in [0.2, 0.25) is 0 Å². The highest BCUT2D eigenvalue weighted by atomic mass is 35.5. The third-order valence-electron chi connectivity index (χ3n) is 3.29. The van der Waals surface area contributed by atoms with Gasteiger partial charge in [0.25, 0.3) is 0 Å². The predicted octanol–water partition coefficient (Wildman–Crippen LogP) is 6.68. The van der Waals surface area contributed by atoms with Gasteiger partial charge in [0, 0.05) is 23.6 Å². The van der Waals surface area contributed by atoms with Gasteiger partial charge in [-0.15, -0.1) is 0 Å². The van der Waals surface area contributed by atoms with Gasteiger partial charge in [-0.2, -0.15) is 0 Å². The molecule has 0 amide bonds. The van der Waals surface area contributed by atoms with E-state index in [1.165, 1.54) is 0 Å². The summed E-state index contributed by atoms with van der Waals surface area (Å²) in [6.45, 7) is 6.20. The zero-order valence-corrected chi connectivity index (χ0v) is 16.9. The van der Waals surface area contributed by atoms with E-state index in [0.29, 0.717) is 10.5 Å². The third kappa shape index (κ3) is 6.67. The van der Waals surface area contributed by atoms with Gasteiger partial charge in [-0.3, -0.25) is 0 Å². The van der Waals surface area contributed by atoms with Crippen LogP contribution in [0, 0.1) is 0 Å². The summed E-state index contributed by atoms with van der Waals surface area (Å²) in [5.74, 6) is 0. The molecule has 2 unspecified atom stereocenters. The number of nitrogens with one attached hydrogen (secondary N) is 2. The van der Waals surface area contributed by atoms with Gasteiger partial charge in [-0.25, -0.2) is 0 Å². The van der Waals surface area contributed by atoms with Gasteiger partial charge < -0.3 is 10.6 Å². The van der Waals surface area contributed by atoms with Crippen molar-refractivity contribution in [2.24, 2.45) is 0 Å². The van der Waals surface area contributed by atoms with Crippen LogP contribution in [0.2, 0.25) is 10.0 Å². The first-order chi connectivity index (χ1) is 11.6. The Balaban J connectivity index is 1.67. The van der Waals surface area contributed by atoms with E-state index in [4.69, 9.17) is 23.2 Å². The minimum atomic E-state index is 0.481. The molecule has 130 valence electrons. The maximum Gasteiger partial charge on any atom is 0.0637 e. The summed E-state index contributed by atoms with van der Waals surface area (Å²) < 4.78 is 0. The lowest BCUT2D eigenvalue weighted by Crippen LogP contribution is -2.15. The largest absolute Gasteiger partial charge is 0.383 e. The molecule has 2 N–H and O–H groups in total. The summed E-state index contributed by atoms with van der Waals surface area (Å²) in [5.41, 5.74) is 1.98. The SMILES string of the molecule is CC(CNc1ccccc1Cl)SSC(C)CNc1ccccc1Cl. The van der Waals surface area contributed by atoms with E-state index < -0.39 is 0 Å². The van der Waals surface area contributed by atoms with Crippen molar-refractivity contribution in [1.29, 1.82) is 0 Å². The van der Waals surface area contributed by atoms with Crippen LogP contribution in [-0.4, -0.2) is 23.6 Å². The number of hydrogen-bond acceptors (Lipinski definition) is 4. The smallest absolute Gasteiger partial charge is 0.0637 e. The van der Waals surface area contributed by atoms with Gasteiger partial charge in [0.15, 0.2) is 0 Å². The fourth-order valence-electron chi connectivity index (χ4n) is 1.97. The Kier molecular flexibility index (Phi) is 8.46. The highest BCUT2D eigenvalue weighted by Crippen LogP contribution is 2.32. The van der Waals surface area contributed by atoms with Crippen LogP contribution in [-0.2, 0) is 0 Å². The van der Waals surface area contributed by atoms with Crippen molar-refractivity contribution in [2.45, 2.75) is 24.3 Å². The maximum absolute atomic E-state index is 6.15. The van der Waals surface area contributed by atoms with Gasteiger partial charge in [-0.05, 0) is 24.3 Å². The Morgan fingerprint density at radius 3 is 1.50 bits per heavy atom. The number of benzene rings is 2. The maximum atomic E-state index is 6.15. The van der Waals surface area contributed by atoms with Crippen LogP contribution in [0.25, 0.3) is 0 Å². The van der Waals surface area contributed by atoms with Crippen molar-refractivity contribution in [3.63, 3.8) is 0 Å².